The molecule has 3 heterocycles. The molecule has 0 aliphatic carbocycles. The molecule has 0 amide bonds. The lowest BCUT2D eigenvalue weighted by atomic mass is 9.96. The van der Waals surface area contributed by atoms with E-state index < -0.39 is 10.0 Å². The van der Waals surface area contributed by atoms with E-state index in [1.807, 2.05) is 30.3 Å². The van der Waals surface area contributed by atoms with Crippen molar-refractivity contribution < 1.29 is 8.42 Å². The summed E-state index contributed by atoms with van der Waals surface area (Å²) in [5, 5.41) is 4.12. The first-order chi connectivity index (χ1) is 18.6. The smallest absolute Gasteiger partial charge is 0.229 e. The third-order valence-corrected chi connectivity index (χ3v) is 8.18. The van der Waals surface area contributed by atoms with E-state index in [0.29, 0.717) is 10.8 Å². The molecule has 0 unspecified atom stereocenters. The van der Waals surface area contributed by atoms with Gasteiger partial charge in [0.1, 0.15) is 0 Å². The third kappa shape index (κ3) is 5.16. The lowest BCUT2D eigenvalue weighted by Gasteiger charge is -2.28. The Kier molecular flexibility index (Phi) is 7.22. The number of nitrogens with one attached hydrogen (secondary N) is 2. The molecule has 0 spiro atoms. The highest BCUT2D eigenvalue weighted by atomic mass is 32.2. The van der Waals surface area contributed by atoms with Crippen molar-refractivity contribution in [1.82, 2.24) is 14.9 Å². The molecule has 0 saturated carbocycles. The first kappa shape index (κ1) is 26.9. The number of rotatable bonds is 7. The van der Waals surface area contributed by atoms with Crippen molar-refractivity contribution in [1.29, 1.82) is 0 Å². The van der Waals surface area contributed by atoms with Crippen LogP contribution in [-0.2, 0) is 16.4 Å². The van der Waals surface area contributed by atoms with Crippen LogP contribution in [0.5, 0.6) is 0 Å². The van der Waals surface area contributed by atoms with E-state index >= 15 is 0 Å². The minimum absolute atomic E-state index is 0.171. The number of pyridine rings is 1. The molecule has 1 aliphatic heterocycles. The standard InChI is InChI=1S/C30H33N5O2S2/c1-6-22-11-9-10-19(2)28(22)34-20(3)18-25(21(34)4)29-27(26-12-7-8-17-31-26)32-30(38)35(29)24-15-13-23(14-16-24)33-39(5,36)37/h7-18,27,29,33H,6H2,1-5H3,(H,32,38)/t27-,29-/m0/s1. The fraction of sp³-hybridized carbons (Fsp3) is 0.267. The Bertz CT molecular complexity index is 1630. The molecule has 9 heteroatoms. The van der Waals surface area contributed by atoms with Crippen LogP contribution < -0.4 is 14.9 Å². The van der Waals surface area contributed by atoms with Crippen LogP contribution in [0.15, 0.2) is 72.9 Å². The monoisotopic (exact) mass is 559 g/mol. The van der Waals surface area contributed by atoms with E-state index in [1.54, 1.807) is 18.3 Å². The summed E-state index contributed by atoms with van der Waals surface area (Å²) in [6, 6.07) is 21.6. The second kappa shape index (κ2) is 10.5. The maximum absolute atomic E-state index is 11.7. The van der Waals surface area contributed by atoms with Gasteiger partial charge in [-0.15, -0.1) is 0 Å². The molecule has 2 N–H and O–H groups in total. The Morgan fingerprint density at radius 1 is 1.03 bits per heavy atom. The van der Waals surface area contributed by atoms with Crippen LogP contribution >= 0.6 is 12.2 Å². The van der Waals surface area contributed by atoms with Gasteiger partial charge in [-0.3, -0.25) is 9.71 Å². The molecule has 2 aromatic carbocycles. The highest BCUT2D eigenvalue weighted by molar-refractivity contribution is 7.92. The topological polar surface area (TPSA) is 79.3 Å². The average molecular weight is 560 g/mol. The highest BCUT2D eigenvalue weighted by Crippen LogP contribution is 2.44. The fourth-order valence-corrected chi connectivity index (χ4v) is 6.52. The van der Waals surface area contributed by atoms with E-state index in [9.17, 15) is 8.42 Å². The zero-order chi connectivity index (χ0) is 27.9. The number of hydrogen-bond acceptors (Lipinski definition) is 4. The lowest BCUT2D eigenvalue weighted by Crippen LogP contribution is -2.29. The molecule has 202 valence electrons. The van der Waals surface area contributed by atoms with Crippen molar-refractivity contribution in [2.24, 2.45) is 0 Å². The van der Waals surface area contributed by atoms with E-state index in [-0.39, 0.29) is 12.1 Å². The number of aromatic nitrogens is 2. The largest absolute Gasteiger partial charge is 0.351 e. The van der Waals surface area contributed by atoms with Crippen molar-refractivity contribution in [3.63, 3.8) is 0 Å². The molecule has 0 radical (unpaired) electrons. The number of aryl methyl sites for hydroxylation is 3. The van der Waals surface area contributed by atoms with Gasteiger partial charge in [0.2, 0.25) is 10.0 Å². The normalized spacial score (nSPS) is 17.4. The van der Waals surface area contributed by atoms with Gasteiger partial charge in [0.15, 0.2) is 5.11 Å². The summed E-state index contributed by atoms with van der Waals surface area (Å²) in [6.45, 7) is 8.67. The number of anilines is 2. The van der Waals surface area contributed by atoms with Crippen LogP contribution in [0, 0.1) is 20.8 Å². The van der Waals surface area contributed by atoms with E-state index in [2.05, 4.69) is 76.5 Å². The second-order valence-corrected chi connectivity index (χ2v) is 12.2. The van der Waals surface area contributed by atoms with Gasteiger partial charge < -0.3 is 14.8 Å². The Morgan fingerprint density at radius 2 is 1.77 bits per heavy atom. The number of para-hydroxylation sites is 1. The van der Waals surface area contributed by atoms with Crippen molar-refractivity contribution in [3.05, 3.63) is 107 Å². The van der Waals surface area contributed by atoms with Crippen LogP contribution in [0.25, 0.3) is 5.69 Å². The van der Waals surface area contributed by atoms with Gasteiger partial charge >= 0.3 is 0 Å². The third-order valence-electron chi connectivity index (χ3n) is 7.26. The second-order valence-electron chi connectivity index (χ2n) is 10.0. The molecule has 1 fully saturated rings. The SMILES string of the molecule is CCc1cccc(C)c1-n1c(C)cc([C@H]2[C@H](c3ccccn3)NC(=S)N2c2ccc(NS(C)(=O)=O)cc2)c1C. The Hall–Kier alpha value is -3.69. The molecule has 5 rings (SSSR count). The number of hydrogen-bond donors (Lipinski definition) is 2. The van der Waals surface area contributed by atoms with Gasteiger partial charge in [0, 0.05) is 29.0 Å². The molecule has 2 aromatic heterocycles. The first-order valence-corrected chi connectivity index (χ1v) is 15.2. The lowest BCUT2D eigenvalue weighted by molar-refractivity contribution is 0.565. The van der Waals surface area contributed by atoms with E-state index in [4.69, 9.17) is 12.2 Å². The molecule has 4 aromatic rings. The minimum Gasteiger partial charge on any atom is -0.351 e. The summed E-state index contributed by atoms with van der Waals surface area (Å²) < 4.78 is 28.3. The van der Waals surface area contributed by atoms with Crippen LogP contribution in [0.2, 0.25) is 0 Å². The summed E-state index contributed by atoms with van der Waals surface area (Å²) >= 11 is 5.90. The van der Waals surface area contributed by atoms with Crippen LogP contribution in [0.1, 0.15) is 52.8 Å². The Labute approximate surface area is 235 Å². The van der Waals surface area contributed by atoms with Gasteiger partial charge in [-0.25, -0.2) is 8.42 Å². The highest BCUT2D eigenvalue weighted by Gasteiger charge is 2.42. The van der Waals surface area contributed by atoms with Gasteiger partial charge in [-0.05, 0) is 98.6 Å². The summed E-state index contributed by atoms with van der Waals surface area (Å²) in [7, 11) is -3.37. The minimum atomic E-state index is -3.37. The van der Waals surface area contributed by atoms with Gasteiger partial charge in [-0.2, -0.15) is 0 Å². The van der Waals surface area contributed by atoms with Crippen LogP contribution in [0.4, 0.5) is 11.4 Å². The Balaban J connectivity index is 1.66. The summed E-state index contributed by atoms with van der Waals surface area (Å²) in [5.74, 6) is 0. The molecule has 2 atom stereocenters. The molecule has 1 aliphatic rings. The predicted octanol–water partition coefficient (Wildman–Crippen LogP) is 5.91. The number of thiocarbonyl (C=S) groups is 1. The predicted molar refractivity (Wildman–Crippen MR) is 162 cm³/mol. The first-order valence-electron chi connectivity index (χ1n) is 12.9. The molecule has 1 saturated heterocycles. The summed E-state index contributed by atoms with van der Waals surface area (Å²) in [6.07, 6.45) is 3.88. The fourth-order valence-electron chi connectivity index (χ4n) is 5.61. The van der Waals surface area contributed by atoms with Crippen LogP contribution in [0.3, 0.4) is 0 Å². The van der Waals surface area contributed by atoms with Crippen molar-refractivity contribution >= 4 is 38.7 Å². The maximum Gasteiger partial charge on any atom is 0.229 e. The molecule has 7 nitrogen and oxygen atoms in total. The quantitative estimate of drug-likeness (QED) is 0.274. The van der Waals surface area contributed by atoms with Gasteiger partial charge in [0.25, 0.3) is 0 Å². The molecular weight excluding hydrogens is 526 g/mol. The Morgan fingerprint density at radius 3 is 2.41 bits per heavy atom. The van der Waals surface area contributed by atoms with E-state index in [1.165, 1.54) is 16.8 Å². The molecule has 39 heavy (non-hydrogen) atoms. The van der Waals surface area contributed by atoms with Gasteiger partial charge in [-0.1, -0.05) is 31.2 Å². The molecule has 0 bridgehead atoms. The zero-order valence-electron chi connectivity index (χ0n) is 22.8. The summed E-state index contributed by atoms with van der Waals surface area (Å²) in [5.41, 5.74) is 9.48. The van der Waals surface area contributed by atoms with E-state index in [0.717, 1.165) is 41.0 Å². The number of sulfonamides is 1. The average Bonchev–Trinajstić information content (AvgIpc) is 3.39. The van der Waals surface area contributed by atoms with Gasteiger partial charge in [0.05, 0.1) is 29.7 Å². The summed E-state index contributed by atoms with van der Waals surface area (Å²) in [4.78, 5) is 6.79. The van der Waals surface area contributed by atoms with Crippen LogP contribution in [-0.4, -0.2) is 29.3 Å². The number of benzene rings is 2. The van der Waals surface area contributed by atoms with Crippen molar-refractivity contribution in [3.8, 4) is 5.69 Å². The maximum atomic E-state index is 11.7. The van der Waals surface area contributed by atoms with Crippen molar-refractivity contribution in [2.45, 2.75) is 46.2 Å². The van der Waals surface area contributed by atoms with Crippen molar-refractivity contribution in [2.75, 3.05) is 15.9 Å². The molecular formula is C30H33N5O2S2. The zero-order valence-corrected chi connectivity index (χ0v) is 24.4. The number of nitrogens with zero attached hydrogens (tertiary/aromatic N) is 3.